The number of amides is 1. The van der Waals surface area contributed by atoms with Crippen LogP contribution in [0.1, 0.15) is 39.0 Å². The maximum Gasteiger partial charge on any atom is 0.302 e. The Labute approximate surface area is 89.4 Å². The molecular formula is C11H17NO3. The summed E-state index contributed by atoms with van der Waals surface area (Å²) in [5, 5.41) is 2.99. The van der Waals surface area contributed by atoms with Gasteiger partial charge in [0.1, 0.15) is 6.10 Å². The third-order valence-corrected chi connectivity index (χ3v) is 3.37. The Kier molecular flexibility index (Phi) is 2.93. The second kappa shape index (κ2) is 4.21. The van der Waals surface area contributed by atoms with Crippen LogP contribution in [0.3, 0.4) is 0 Å². The molecule has 1 saturated carbocycles. The van der Waals surface area contributed by atoms with Crippen molar-refractivity contribution in [3.05, 3.63) is 0 Å². The first kappa shape index (κ1) is 10.5. The number of piperidine rings is 1. The fourth-order valence-corrected chi connectivity index (χ4v) is 2.65. The first-order valence-electron chi connectivity index (χ1n) is 5.61. The molecule has 3 unspecified atom stereocenters. The molecule has 3 atom stereocenters. The first-order valence-corrected chi connectivity index (χ1v) is 5.61. The molecule has 0 spiro atoms. The lowest BCUT2D eigenvalue weighted by atomic mass is 9.78. The average molecular weight is 211 g/mol. The molecule has 1 aliphatic heterocycles. The van der Waals surface area contributed by atoms with Gasteiger partial charge in [0, 0.05) is 25.8 Å². The Morgan fingerprint density at radius 2 is 2.20 bits per heavy atom. The normalized spacial score (nSPS) is 35.3. The maximum absolute atomic E-state index is 11.2. The number of rotatable bonds is 1. The first-order chi connectivity index (χ1) is 7.15. The van der Waals surface area contributed by atoms with Gasteiger partial charge in [-0.2, -0.15) is 0 Å². The van der Waals surface area contributed by atoms with E-state index < -0.39 is 0 Å². The molecule has 84 valence electrons. The SMILES string of the molecule is CC(=O)OC1CCC2CCC(=O)NC2C1. The quantitative estimate of drug-likeness (QED) is 0.658. The Morgan fingerprint density at radius 3 is 2.93 bits per heavy atom. The standard InChI is InChI=1S/C11H17NO3/c1-7(13)15-9-4-2-8-3-5-11(14)12-10(8)6-9/h8-10H,2-6H2,1H3,(H,12,14). The van der Waals surface area contributed by atoms with E-state index in [4.69, 9.17) is 4.74 Å². The number of carbonyl (C=O) groups is 2. The highest BCUT2D eigenvalue weighted by molar-refractivity contribution is 5.77. The van der Waals surface area contributed by atoms with Crippen LogP contribution in [-0.4, -0.2) is 24.0 Å². The summed E-state index contributed by atoms with van der Waals surface area (Å²) in [6, 6.07) is 0.226. The zero-order chi connectivity index (χ0) is 10.8. The number of hydrogen-bond donors (Lipinski definition) is 1. The zero-order valence-corrected chi connectivity index (χ0v) is 8.99. The van der Waals surface area contributed by atoms with Gasteiger partial charge in [0.2, 0.25) is 5.91 Å². The molecule has 0 radical (unpaired) electrons. The summed E-state index contributed by atoms with van der Waals surface area (Å²) >= 11 is 0. The molecule has 2 aliphatic rings. The van der Waals surface area contributed by atoms with Crippen molar-refractivity contribution < 1.29 is 14.3 Å². The van der Waals surface area contributed by atoms with Gasteiger partial charge in [0.15, 0.2) is 0 Å². The summed E-state index contributed by atoms with van der Waals surface area (Å²) < 4.78 is 5.19. The van der Waals surface area contributed by atoms with Crippen molar-refractivity contribution in [3.63, 3.8) is 0 Å². The predicted octanol–water partition coefficient (Wildman–Crippen LogP) is 0.997. The zero-order valence-electron chi connectivity index (χ0n) is 8.99. The third-order valence-electron chi connectivity index (χ3n) is 3.37. The van der Waals surface area contributed by atoms with Crippen molar-refractivity contribution in [2.24, 2.45) is 5.92 Å². The van der Waals surface area contributed by atoms with Gasteiger partial charge in [0.05, 0.1) is 0 Å². The van der Waals surface area contributed by atoms with Crippen molar-refractivity contribution in [2.75, 3.05) is 0 Å². The van der Waals surface area contributed by atoms with E-state index in [-0.39, 0.29) is 24.0 Å². The molecule has 0 aromatic rings. The highest BCUT2D eigenvalue weighted by Crippen LogP contribution is 2.32. The van der Waals surface area contributed by atoms with Crippen molar-refractivity contribution in [1.82, 2.24) is 5.32 Å². The van der Waals surface area contributed by atoms with Crippen LogP contribution in [0.4, 0.5) is 0 Å². The van der Waals surface area contributed by atoms with Gasteiger partial charge in [-0.05, 0) is 25.2 Å². The van der Waals surface area contributed by atoms with Crippen LogP contribution in [0.25, 0.3) is 0 Å². The maximum atomic E-state index is 11.2. The van der Waals surface area contributed by atoms with Gasteiger partial charge in [-0.3, -0.25) is 9.59 Å². The van der Waals surface area contributed by atoms with Crippen molar-refractivity contribution in [3.8, 4) is 0 Å². The molecule has 1 aliphatic carbocycles. The van der Waals surface area contributed by atoms with Crippen LogP contribution in [0, 0.1) is 5.92 Å². The molecule has 1 N–H and O–H groups in total. The van der Waals surface area contributed by atoms with Gasteiger partial charge < -0.3 is 10.1 Å². The largest absolute Gasteiger partial charge is 0.462 e. The van der Waals surface area contributed by atoms with E-state index in [0.29, 0.717) is 12.3 Å². The van der Waals surface area contributed by atoms with Crippen molar-refractivity contribution in [1.29, 1.82) is 0 Å². The van der Waals surface area contributed by atoms with E-state index in [1.54, 1.807) is 0 Å². The lowest BCUT2D eigenvalue weighted by molar-refractivity contribution is -0.149. The Bertz CT molecular complexity index is 277. The fourth-order valence-electron chi connectivity index (χ4n) is 2.65. The van der Waals surface area contributed by atoms with Gasteiger partial charge in [-0.1, -0.05) is 0 Å². The molecule has 4 nitrogen and oxygen atoms in total. The van der Waals surface area contributed by atoms with Crippen LogP contribution >= 0.6 is 0 Å². The Hall–Kier alpha value is -1.06. The molecule has 1 heterocycles. The molecule has 0 bridgehead atoms. The van der Waals surface area contributed by atoms with E-state index in [2.05, 4.69) is 5.32 Å². The van der Waals surface area contributed by atoms with Crippen LogP contribution < -0.4 is 5.32 Å². The van der Waals surface area contributed by atoms with Gasteiger partial charge >= 0.3 is 5.97 Å². The summed E-state index contributed by atoms with van der Waals surface area (Å²) in [5.41, 5.74) is 0. The number of nitrogens with one attached hydrogen (secondary N) is 1. The molecule has 4 heteroatoms. The van der Waals surface area contributed by atoms with Gasteiger partial charge in [0.25, 0.3) is 0 Å². The van der Waals surface area contributed by atoms with E-state index in [0.717, 1.165) is 25.7 Å². The third kappa shape index (κ3) is 2.49. The topological polar surface area (TPSA) is 55.4 Å². The second-order valence-electron chi connectivity index (χ2n) is 4.52. The van der Waals surface area contributed by atoms with Crippen LogP contribution in [0.2, 0.25) is 0 Å². The Balaban J connectivity index is 1.91. The lowest BCUT2D eigenvalue weighted by Crippen LogP contribution is -2.49. The van der Waals surface area contributed by atoms with E-state index >= 15 is 0 Å². The lowest BCUT2D eigenvalue weighted by Gasteiger charge is -2.38. The summed E-state index contributed by atoms with van der Waals surface area (Å²) in [7, 11) is 0. The highest BCUT2D eigenvalue weighted by Gasteiger charge is 2.35. The number of carbonyl (C=O) groups excluding carboxylic acids is 2. The molecular weight excluding hydrogens is 194 g/mol. The van der Waals surface area contributed by atoms with E-state index in [1.165, 1.54) is 6.92 Å². The monoisotopic (exact) mass is 211 g/mol. The van der Waals surface area contributed by atoms with Gasteiger partial charge in [-0.15, -0.1) is 0 Å². The summed E-state index contributed by atoms with van der Waals surface area (Å²) in [6.45, 7) is 1.44. The van der Waals surface area contributed by atoms with Crippen molar-refractivity contribution >= 4 is 11.9 Å². The summed E-state index contributed by atoms with van der Waals surface area (Å²) in [4.78, 5) is 22.1. The minimum Gasteiger partial charge on any atom is -0.462 e. The number of hydrogen-bond acceptors (Lipinski definition) is 3. The molecule has 15 heavy (non-hydrogen) atoms. The summed E-state index contributed by atoms with van der Waals surface area (Å²) in [6.07, 6.45) is 4.43. The fraction of sp³-hybridized carbons (Fsp3) is 0.818. The Morgan fingerprint density at radius 1 is 1.40 bits per heavy atom. The number of ether oxygens (including phenoxy) is 1. The minimum absolute atomic E-state index is 0.00199. The summed E-state index contributed by atoms with van der Waals surface area (Å²) in [5.74, 6) is 0.509. The molecule has 0 aromatic heterocycles. The number of esters is 1. The molecule has 2 rings (SSSR count). The minimum atomic E-state index is -0.222. The highest BCUT2D eigenvalue weighted by atomic mass is 16.5. The average Bonchev–Trinajstić information content (AvgIpc) is 2.16. The van der Waals surface area contributed by atoms with Crippen LogP contribution in [-0.2, 0) is 14.3 Å². The number of fused-ring (bicyclic) bond motifs is 1. The smallest absolute Gasteiger partial charge is 0.302 e. The molecule has 0 aromatic carbocycles. The second-order valence-corrected chi connectivity index (χ2v) is 4.52. The van der Waals surface area contributed by atoms with Crippen LogP contribution in [0.15, 0.2) is 0 Å². The molecule has 1 amide bonds. The predicted molar refractivity (Wildman–Crippen MR) is 54.1 cm³/mol. The van der Waals surface area contributed by atoms with Gasteiger partial charge in [-0.25, -0.2) is 0 Å². The van der Waals surface area contributed by atoms with Crippen LogP contribution in [0.5, 0.6) is 0 Å². The van der Waals surface area contributed by atoms with Crippen molar-refractivity contribution in [2.45, 2.75) is 51.2 Å². The molecule has 1 saturated heterocycles. The molecule has 2 fully saturated rings. The van der Waals surface area contributed by atoms with E-state index in [9.17, 15) is 9.59 Å². The van der Waals surface area contributed by atoms with E-state index in [1.807, 2.05) is 0 Å².